The molecule has 2 unspecified atom stereocenters. The first-order valence-electron chi connectivity index (χ1n) is 7.15. The van der Waals surface area contributed by atoms with Crippen molar-refractivity contribution >= 4 is 29.5 Å². The Morgan fingerprint density at radius 3 is 2.22 bits per heavy atom. The summed E-state index contributed by atoms with van der Waals surface area (Å²) in [5.74, 6) is -3.17. The standard InChI is InChI=1S/C15H17NO7/c1-15(2)6-5-8(17)13(15)23-12(20)4-3-11(19)22-9-7-10(18)16-14(9)21/h3-4,9,13H,5-7H2,1-2H3,(H,16,18,21)/b4-3+. The van der Waals surface area contributed by atoms with Crippen LogP contribution in [-0.4, -0.2) is 41.7 Å². The van der Waals surface area contributed by atoms with Crippen molar-refractivity contribution in [3.63, 3.8) is 0 Å². The topological polar surface area (TPSA) is 116 Å². The molecule has 1 aliphatic heterocycles. The fourth-order valence-corrected chi connectivity index (χ4v) is 2.46. The average Bonchev–Trinajstić information content (AvgIpc) is 2.89. The first-order chi connectivity index (χ1) is 10.7. The van der Waals surface area contributed by atoms with E-state index in [9.17, 15) is 24.0 Å². The third-order valence-corrected chi connectivity index (χ3v) is 3.79. The Labute approximate surface area is 132 Å². The van der Waals surface area contributed by atoms with Crippen LogP contribution < -0.4 is 5.32 Å². The maximum Gasteiger partial charge on any atom is 0.331 e. The number of Topliss-reactive ketones (excluding diaryl/α,β-unsaturated/α-hetero) is 1. The van der Waals surface area contributed by atoms with Crippen LogP contribution in [0.25, 0.3) is 0 Å². The molecule has 0 aromatic heterocycles. The lowest BCUT2D eigenvalue weighted by Crippen LogP contribution is -2.33. The van der Waals surface area contributed by atoms with E-state index in [0.29, 0.717) is 12.8 Å². The highest BCUT2D eigenvalue weighted by atomic mass is 16.6. The number of ketones is 1. The minimum atomic E-state index is -1.19. The van der Waals surface area contributed by atoms with Crippen molar-refractivity contribution in [1.82, 2.24) is 5.32 Å². The molecule has 1 saturated carbocycles. The van der Waals surface area contributed by atoms with E-state index in [1.165, 1.54) is 0 Å². The Morgan fingerprint density at radius 2 is 1.74 bits per heavy atom. The molecule has 2 atom stereocenters. The number of esters is 2. The summed E-state index contributed by atoms with van der Waals surface area (Å²) in [6.45, 7) is 3.65. The number of nitrogens with one attached hydrogen (secondary N) is 1. The number of hydrogen-bond donors (Lipinski definition) is 1. The third kappa shape index (κ3) is 4.02. The molecule has 2 fully saturated rings. The largest absolute Gasteiger partial charge is 0.451 e. The van der Waals surface area contributed by atoms with Crippen molar-refractivity contribution in [2.45, 2.75) is 45.3 Å². The van der Waals surface area contributed by atoms with Crippen LogP contribution in [0.4, 0.5) is 0 Å². The summed E-state index contributed by atoms with van der Waals surface area (Å²) in [4.78, 5) is 57.1. The van der Waals surface area contributed by atoms with Gasteiger partial charge < -0.3 is 9.47 Å². The van der Waals surface area contributed by atoms with Crippen molar-refractivity contribution in [1.29, 1.82) is 0 Å². The molecule has 2 amide bonds. The zero-order valence-electron chi connectivity index (χ0n) is 12.8. The summed E-state index contributed by atoms with van der Waals surface area (Å²) in [5, 5.41) is 1.99. The molecular weight excluding hydrogens is 306 g/mol. The minimum Gasteiger partial charge on any atom is -0.451 e. The molecule has 0 aromatic carbocycles. The zero-order chi connectivity index (χ0) is 17.2. The second-order valence-electron chi connectivity index (χ2n) is 6.15. The van der Waals surface area contributed by atoms with E-state index in [0.717, 1.165) is 12.2 Å². The molecule has 1 N–H and O–H groups in total. The first-order valence-corrected chi connectivity index (χ1v) is 7.15. The van der Waals surface area contributed by atoms with Crippen molar-refractivity contribution < 1.29 is 33.4 Å². The van der Waals surface area contributed by atoms with Gasteiger partial charge in [0.15, 0.2) is 18.0 Å². The van der Waals surface area contributed by atoms with Gasteiger partial charge in [-0.1, -0.05) is 13.8 Å². The summed E-state index contributed by atoms with van der Waals surface area (Å²) in [5.41, 5.74) is -0.441. The molecule has 0 bridgehead atoms. The maximum atomic E-state index is 11.7. The van der Waals surface area contributed by atoms with Crippen molar-refractivity contribution in [2.75, 3.05) is 0 Å². The summed E-state index contributed by atoms with van der Waals surface area (Å²) in [6, 6.07) is 0. The van der Waals surface area contributed by atoms with Crippen molar-refractivity contribution in [3.05, 3.63) is 12.2 Å². The van der Waals surface area contributed by atoms with Crippen LogP contribution in [0.2, 0.25) is 0 Å². The normalized spacial score (nSPS) is 26.4. The summed E-state index contributed by atoms with van der Waals surface area (Å²) in [7, 11) is 0. The Morgan fingerprint density at radius 1 is 1.13 bits per heavy atom. The predicted octanol–water partition coefficient (Wildman–Crippen LogP) is -0.198. The number of imide groups is 1. The van der Waals surface area contributed by atoms with Gasteiger partial charge in [-0.3, -0.25) is 19.7 Å². The number of amides is 2. The maximum absolute atomic E-state index is 11.7. The van der Waals surface area contributed by atoms with E-state index in [4.69, 9.17) is 9.47 Å². The SMILES string of the molecule is CC1(C)CCC(=O)C1OC(=O)/C=C/C(=O)OC1CC(=O)NC1=O. The van der Waals surface area contributed by atoms with Gasteiger partial charge in [0.2, 0.25) is 5.91 Å². The molecular formula is C15H17NO7. The fraction of sp³-hybridized carbons (Fsp3) is 0.533. The average molecular weight is 323 g/mol. The molecule has 0 radical (unpaired) electrons. The quantitative estimate of drug-likeness (QED) is 0.433. The number of carbonyl (C=O) groups excluding carboxylic acids is 5. The zero-order valence-corrected chi connectivity index (χ0v) is 12.8. The highest BCUT2D eigenvalue weighted by molar-refractivity contribution is 6.06. The van der Waals surface area contributed by atoms with Gasteiger partial charge in [-0.2, -0.15) is 0 Å². The van der Waals surface area contributed by atoms with Crippen LogP contribution in [0, 0.1) is 5.41 Å². The number of ether oxygens (including phenoxy) is 2. The van der Waals surface area contributed by atoms with Crippen molar-refractivity contribution in [2.24, 2.45) is 5.41 Å². The van der Waals surface area contributed by atoms with Crippen LogP contribution in [0.5, 0.6) is 0 Å². The van der Waals surface area contributed by atoms with Crippen LogP contribution >= 0.6 is 0 Å². The van der Waals surface area contributed by atoms with Gasteiger partial charge in [0, 0.05) is 24.0 Å². The molecule has 23 heavy (non-hydrogen) atoms. The van der Waals surface area contributed by atoms with Crippen LogP contribution in [0.3, 0.4) is 0 Å². The second-order valence-corrected chi connectivity index (χ2v) is 6.15. The Hall–Kier alpha value is -2.51. The van der Waals surface area contributed by atoms with Gasteiger partial charge >= 0.3 is 11.9 Å². The Kier molecular flexibility index (Phi) is 4.63. The second kappa shape index (κ2) is 6.31. The smallest absolute Gasteiger partial charge is 0.331 e. The highest BCUT2D eigenvalue weighted by Gasteiger charge is 2.43. The number of hydrogen-bond acceptors (Lipinski definition) is 7. The van der Waals surface area contributed by atoms with Gasteiger partial charge in [-0.25, -0.2) is 9.59 Å². The van der Waals surface area contributed by atoms with Crippen LogP contribution in [0.15, 0.2) is 12.2 Å². The predicted molar refractivity (Wildman–Crippen MR) is 74.7 cm³/mol. The lowest BCUT2D eigenvalue weighted by atomic mass is 9.89. The highest BCUT2D eigenvalue weighted by Crippen LogP contribution is 2.37. The molecule has 124 valence electrons. The number of carbonyl (C=O) groups is 5. The molecule has 1 saturated heterocycles. The molecule has 0 aromatic rings. The van der Waals surface area contributed by atoms with E-state index in [2.05, 4.69) is 0 Å². The first kappa shape index (κ1) is 16.9. The molecule has 8 nitrogen and oxygen atoms in total. The molecule has 1 heterocycles. The van der Waals surface area contributed by atoms with Crippen molar-refractivity contribution in [3.8, 4) is 0 Å². The van der Waals surface area contributed by atoms with E-state index in [-0.39, 0.29) is 12.2 Å². The molecule has 1 aliphatic carbocycles. The molecule has 2 aliphatic rings. The number of rotatable bonds is 4. The molecule has 8 heteroatoms. The van der Waals surface area contributed by atoms with E-state index in [1.54, 1.807) is 0 Å². The van der Waals surface area contributed by atoms with Crippen LogP contribution in [0.1, 0.15) is 33.1 Å². The summed E-state index contributed by atoms with van der Waals surface area (Å²) >= 11 is 0. The van der Waals surface area contributed by atoms with E-state index >= 15 is 0 Å². The summed E-state index contributed by atoms with van der Waals surface area (Å²) < 4.78 is 9.82. The minimum absolute atomic E-state index is 0.152. The van der Waals surface area contributed by atoms with Gasteiger partial charge in [-0.05, 0) is 6.42 Å². The lowest BCUT2D eigenvalue weighted by molar-refractivity contribution is -0.154. The van der Waals surface area contributed by atoms with Gasteiger partial charge in [0.25, 0.3) is 5.91 Å². The fourth-order valence-electron chi connectivity index (χ4n) is 2.46. The van der Waals surface area contributed by atoms with Gasteiger partial charge in [0.05, 0.1) is 6.42 Å². The van der Waals surface area contributed by atoms with E-state index < -0.39 is 41.4 Å². The van der Waals surface area contributed by atoms with Gasteiger partial charge in [0.1, 0.15) is 0 Å². The Bertz CT molecular complexity index is 605. The monoisotopic (exact) mass is 323 g/mol. The summed E-state index contributed by atoms with van der Waals surface area (Å²) in [6.07, 6.45) is 0.332. The lowest BCUT2D eigenvalue weighted by Gasteiger charge is -2.24. The Balaban J connectivity index is 1.86. The third-order valence-electron chi connectivity index (χ3n) is 3.79. The molecule has 0 spiro atoms. The van der Waals surface area contributed by atoms with Crippen LogP contribution in [-0.2, 0) is 33.4 Å². The van der Waals surface area contributed by atoms with E-state index in [1.807, 2.05) is 19.2 Å². The molecule has 2 rings (SSSR count). The van der Waals surface area contributed by atoms with Gasteiger partial charge in [-0.15, -0.1) is 0 Å².